The van der Waals surface area contributed by atoms with Crippen molar-refractivity contribution in [3.05, 3.63) is 30.1 Å². The van der Waals surface area contributed by atoms with Crippen molar-refractivity contribution in [3.63, 3.8) is 0 Å². The first-order chi connectivity index (χ1) is 12.1. The van der Waals surface area contributed by atoms with Gasteiger partial charge in [0.1, 0.15) is 0 Å². The third kappa shape index (κ3) is 5.23. The fraction of sp³-hybridized carbons (Fsp3) is 0.684. The Kier molecular flexibility index (Phi) is 6.39. The smallest absolute Gasteiger partial charge is 0.236 e. The number of likely N-dealkylation sites (tertiary alicyclic amines) is 1. The Labute approximate surface area is 151 Å². The van der Waals surface area contributed by atoms with Gasteiger partial charge in [-0.05, 0) is 57.7 Å². The maximum atomic E-state index is 12.6. The van der Waals surface area contributed by atoms with E-state index in [0.717, 1.165) is 32.7 Å². The molecule has 0 aromatic carbocycles. The highest BCUT2D eigenvalue weighted by molar-refractivity contribution is 5.78. The molecule has 0 radical (unpaired) electrons. The van der Waals surface area contributed by atoms with Crippen LogP contribution in [0.2, 0.25) is 0 Å². The molecule has 0 saturated carbocycles. The summed E-state index contributed by atoms with van der Waals surface area (Å²) in [5, 5.41) is 0. The van der Waals surface area contributed by atoms with Crippen LogP contribution in [0.1, 0.15) is 18.4 Å². The minimum Gasteiger partial charge on any atom is -0.339 e. The van der Waals surface area contributed by atoms with Crippen molar-refractivity contribution in [1.82, 2.24) is 24.6 Å². The molecule has 6 nitrogen and oxygen atoms in total. The SMILES string of the molecule is CN1CCC(N2CCN(C(=O)CN(C)Cc3ccncc3)CC2)CC1. The molecular formula is C19H31N5O. The summed E-state index contributed by atoms with van der Waals surface area (Å²) in [7, 11) is 4.21. The van der Waals surface area contributed by atoms with E-state index in [1.807, 2.05) is 24.1 Å². The highest BCUT2D eigenvalue weighted by Crippen LogP contribution is 2.17. The molecule has 0 N–H and O–H groups in total. The molecule has 3 rings (SSSR count). The van der Waals surface area contributed by atoms with Crippen LogP contribution in [0, 0.1) is 0 Å². The zero-order valence-corrected chi connectivity index (χ0v) is 15.6. The average molecular weight is 345 g/mol. The van der Waals surface area contributed by atoms with Gasteiger partial charge in [0.05, 0.1) is 6.54 Å². The van der Waals surface area contributed by atoms with Crippen molar-refractivity contribution >= 4 is 5.91 Å². The molecule has 2 aliphatic heterocycles. The van der Waals surface area contributed by atoms with Gasteiger partial charge in [-0.3, -0.25) is 19.6 Å². The largest absolute Gasteiger partial charge is 0.339 e. The van der Waals surface area contributed by atoms with E-state index in [9.17, 15) is 4.79 Å². The van der Waals surface area contributed by atoms with Gasteiger partial charge in [-0.2, -0.15) is 0 Å². The molecule has 1 amide bonds. The van der Waals surface area contributed by atoms with Gasteiger partial charge in [-0.25, -0.2) is 0 Å². The van der Waals surface area contributed by atoms with Crippen molar-refractivity contribution in [1.29, 1.82) is 0 Å². The van der Waals surface area contributed by atoms with Gasteiger partial charge in [0.25, 0.3) is 0 Å². The van der Waals surface area contributed by atoms with Gasteiger partial charge in [0.15, 0.2) is 0 Å². The molecule has 138 valence electrons. The van der Waals surface area contributed by atoms with E-state index in [-0.39, 0.29) is 5.91 Å². The average Bonchev–Trinajstić information content (AvgIpc) is 2.63. The molecular weight excluding hydrogens is 314 g/mol. The first kappa shape index (κ1) is 18.3. The number of carbonyl (C=O) groups is 1. The second-order valence-corrected chi connectivity index (χ2v) is 7.48. The summed E-state index contributed by atoms with van der Waals surface area (Å²) < 4.78 is 0. The number of rotatable bonds is 5. The Bertz CT molecular complexity index is 536. The second-order valence-electron chi connectivity index (χ2n) is 7.48. The fourth-order valence-corrected chi connectivity index (χ4v) is 3.88. The highest BCUT2D eigenvalue weighted by Gasteiger charge is 2.28. The molecule has 6 heteroatoms. The lowest BCUT2D eigenvalue weighted by Gasteiger charge is -2.42. The summed E-state index contributed by atoms with van der Waals surface area (Å²) in [4.78, 5) is 25.7. The quantitative estimate of drug-likeness (QED) is 0.788. The number of aromatic nitrogens is 1. The number of nitrogens with zero attached hydrogens (tertiary/aromatic N) is 5. The molecule has 2 saturated heterocycles. The fourth-order valence-electron chi connectivity index (χ4n) is 3.88. The summed E-state index contributed by atoms with van der Waals surface area (Å²) in [5.41, 5.74) is 1.19. The molecule has 1 aromatic heterocycles. The maximum absolute atomic E-state index is 12.6. The molecule has 0 bridgehead atoms. The van der Waals surface area contributed by atoms with Crippen LogP contribution in [-0.4, -0.2) is 96.4 Å². The molecule has 2 fully saturated rings. The molecule has 2 aliphatic rings. The Morgan fingerprint density at radius 3 is 2.40 bits per heavy atom. The Hall–Kier alpha value is -1.50. The topological polar surface area (TPSA) is 42.9 Å². The van der Waals surface area contributed by atoms with E-state index in [1.54, 1.807) is 12.4 Å². The number of hydrogen-bond donors (Lipinski definition) is 0. The summed E-state index contributed by atoms with van der Waals surface area (Å²) in [6.45, 7) is 7.44. The number of piperidine rings is 1. The van der Waals surface area contributed by atoms with E-state index >= 15 is 0 Å². The van der Waals surface area contributed by atoms with Crippen LogP contribution in [0.25, 0.3) is 0 Å². The number of hydrogen-bond acceptors (Lipinski definition) is 5. The minimum absolute atomic E-state index is 0.250. The number of amides is 1. The molecule has 3 heterocycles. The summed E-state index contributed by atoms with van der Waals surface area (Å²) in [6.07, 6.45) is 6.12. The Balaban J connectivity index is 1.40. The summed E-state index contributed by atoms with van der Waals surface area (Å²) in [6, 6.07) is 4.71. The number of carbonyl (C=O) groups excluding carboxylic acids is 1. The first-order valence-electron chi connectivity index (χ1n) is 9.39. The first-order valence-corrected chi connectivity index (χ1v) is 9.39. The maximum Gasteiger partial charge on any atom is 0.236 e. The zero-order chi connectivity index (χ0) is 17.6. The molecule has 0 unspecified atom stereocenters. The number of piperazine rings is 1. The van der Waals surface area contributed by atoms with Crippen LogP contribution in [0.15, 0.2) is 24.5 Å². The van der Waals surface area contributed by atoms with E-state index in [4.69, 9.17) is 0 Å². The van der Waals surface area contributed by atoms with Crippen molar-refractivity contribution in [2.24, 2.45) is 0 Å². The molecule has 0 atom stereocenters. The molecule has 25 heavy (non-hydrogen) atoms. The predicted octanol–water partition coefficient (Wildman–Crippen LogP) is 0.752. The monoisotopic (exact) mass is 345 g/mol. The van der Waals surface area contributed by atoms with E-state index < -0.39 is 0 Å². The van der Waals surface area contributed by atoms with Gasteiger partial charge in [0.2, 0.25) is 5.91 Å². The van der Waals surface area contributed by atoms with Crippen molar-refractivity contribution in [2.75, 3.05) is 59.9 Å². The Morgan fingerprint density at radius 1 is 1.12 bits per heavy atom. The summed E-state index contributed by atoms with van der Waals surface area (Å²) >= 11 is 0. The molecule has 0 spiro atoms. The lowest BCUT2D eigenvalue weighted by atomic mass is 10.0. The number of likely N-dealkylation sites (N-methyl/N-ethyl adjacent to an activating group) is 1. The molecule has 1 aromatic rings. The van der Waals surface area contributed by atoms with Gasteiger partial charge < -0.3 is 9.80 Å². The van der Waals surface area contributed by atoms with Crippen molar-refractivity contribution < 1.29 is 4.79 Å². The van der Waals surface area contributed by atoms with Crippen LogP contribution >= 0.6 is 0 Å². The Morgan fingerprint density at radius 2 is 1.76 bits per heavy atom. The summed E-state index contributed by atoms with van der Waals surface area (Å²) in [5.74, 6) is 0.250. The molecule has 0 aliphatic carbocycles. The minimum atomic E-state index is 0.250. The lowest BCUT2D eigenvalue weighted by Crippen LogP contribution is -2.55. The third-order valence-electron chi connectivity index (χ3n) is 5.48. The number of pyridine rings is 1. The third-order valence-corrected chi connectivity index (χ3v) is 5.48. The van der Waals surface area contributed by atoms with Gasteiger partial charge in [-0.15, -0.1) is 0 Å². The van der Waals surface area contributed by atoms with Gasteiger partial charge >= 0.3 is 0 Å². The normalized spacial score (nSPS) is 21.0. The van der Waals surface area contributed by atoms with E-state index in [0.29, 0.717) is 12.6 Å². The standard InChI is InChI=1S/C19H31N5O/c1-21-9-5-18(6-10-21)23-11-13-24(14-12-23)19(25)16-22(2)15-17-3-7-20-8-4-17/h3-4,7-8,18H,5-6,9-16H2,1-2H3. The van der Waals surface area contributed by atoms with Crippen LogP contribution in [-0.2, 0) is 11.3 Å². The van der Waals surface area contributed by atoms with Crippen LogP contribution < -0.4 is 0 Å². The van der Waals surface area contributed by atoms with Crippen molar-refractivity contribution in [2.45, 2.75) is 25.4 Å². The van der Waals surface area contributed by atoms with Gasteiger partial charge in [-0.1, -0.05) is 0 Å². The highest BCUT2D eigenvalue weighted by atomic mass is 16.2. The lowest BCUT2D eigenvalue weighted by molar-refractivity contribution is -0.134. The van der Waals surface area contributed by atoms with Crippen molar-refractivity contribution in [3.8, 4) is 0 Å². The van der Waals surface area contributed by atoms with Crippen LogP contribution in [0.4, 0.5) is 0 Å². The van der Waals surface area contributed by atoms with Gasteiger partial charge in [0, 0.05) is 51.2 Å². The second kappa shape index (κ2) is 8.74. The van der Waals surface area contributed by atoms with Crippen LogP contribution in [0.3, 0.4) is 0 Å². The van der Waals surface area contributed by atoms with E-state index in [1.165, 1.54) is 31.5 Å². The predicted molar refractivity (Wildman–Crippen MR) is 99.2 cm³/mol. The van der Waals surface area contributed by atoms with Crippen LogP contribution in [0.5, 0.6) is 0 Å². The van der Waals surface area contributed by atoms with E-state index in [2.05, 4.69) is 26.7 Å². The zero-order valence-electron chi connectivity index (χ0n) is 15.6.